The molecule has 5 rings (SSSR count). The van der Waals surface area contributed by atoms with E-state index in [4.69, 9.17) is 9.47 Å². The van der Waals surface area contributed by atoms with E-state index < -0.39 is 5.60 Å². The van der Waals surface area contributed by atoms with Crippen LogP contribution in [0.15, 0.2) is 66.7 Å². The Hall–Kier alpha value is -3.73. The Morgan fingerprint density at radius 2 is 1.52 bits per heavy atom. The van der Waals surface area contributed by atoms with Gasteiger partial charge < -0.3 is 18.9 Å². The number of hydrogen-bond acceptors (Lipinski definition) is 4. The molecule has 1 atom stereocenters. The number of carbonyl (C=O) groups excluding carboxylic acids is 1. The van der Waals surface area contributed by atoms with Crippen LogP contribution in [-0.2, 0) is 16.9 Å². The monoisotopic (exact) mass is 566 g/mol. The van der Waals surface area contributed by atoms with Crippen LogP contribution in [0.25, 0.3) is 10.9 Å². The van der Waals surface area contributed by atoms with Crippen molar-refractivity contribution in [2.24, 2.45) is 0 Å². The Labute approximate surface area is 251 Å². The molecule has 0 amide bonds. The molecule has 0 aliphatic carbocycles. The van der Waals surface area contributed by atoms with Crippen molar-refractivity contribution in [3.05, 3.63) is 94.7 Å². The normalized spacial score (nSPS) is 16.1. The average molecular weight is 567 g/mol. The molecule has 0 saturated heterocycles. The molecular formula is C37H46N2O3. The molecule has 1 aliphatic rings. The summed E-state index contributed by atoms with van der Waals surface area (Å²) in [6.45, 7) is 14.3. The van der Waals surface area contributed by atoms with E-state index in [1.807, 2.05) is 25.1 Å². The number of aromatic nitrogens is 1. The third-order valence-electron chi connectivity index (χ3n) is 8.66. The number of cyclic esters (lactones) is 1. The smallest absolute Gasteiger partial charge is 0.340 e. The second kappa shape index (κ2) is 13.1. The van der Waals surface area contributed by atoms with E-state index in [1.165, 1.54) is 0 Å². The molecule has 0 radical (unpaired) electrons. The van der Waals surface area contributed by atoms with Crippen molar-refractivity contribution in [2.75, 3.05) is 24.6 Å². The van der Waals surface area contributed by atoms with Gasteiger partial charge in [-0.1, -0.05) is 76.4 Å². The first-order valence-corrected chi connectivity index (χ1v) is 15.9. The Morgan fingerprint density at radius 1 is 0.833 bits per heavy atom. The van der Waals surface area contributed by atoms with Crippen molar-refractivity contribution >= 4 is 22.6 Å². The second-order valence-electron chi connectivity index (χ2n) is 11.4. The third kappa shape index (κ3) is 5.19. The van der Waals surface area contributed by atoms with Crippen LogP contribution in [-0.4, -0.2) is 30.2 Å². The standard InChI is InChI=1S/C37H46N2O3/c1-6-10-23-38(24-11-7-2)28-21-22-32(34(26-28)41-9-4)37(31-19-15-13-17-29(31)36(40)42-37)35-27(5)39(25-12-8-3)33-20-16-14-18-30(33)35/h13-22,26H,6-12,23-25H2,1-5H3. The Morgan fingerprint density at radius 3 is 2.24 bits per heavy atom. The highest BCUT2D eigenvalue weighted by atomic mass is 16.6. The van der Waals surface area contributed by atoms with E-state index >= 15 is 0 Å². The maximum absolute atomic E-state index is 13.7. The number of anilines is 1. The van der Waals surface area contributed by atoms with Gasteiger partial charge in [0.05, 0.1) is 12.2 Å². The van der Waals surface area contributed by atoms with Crippen LogP contribution in [0.5, 0.6) is 5.75 Å². The highest BCUT2D eigenvalue weighted by Gasteiger charge is 2.52. The molecule has 0 fully saturated rings. The molecule has 0 N–H and O–H groups in total. The van der Waals surface area contributed by atoms with Gasteiger partial charge in [-0.05, 0) is 57.4 Å². The maximum atomic E-state index is 13.7. The molecule has 1 unspecified atom stereocenters. The SMILES string of the molecule is CCCCN(CCCC)c1ccc(C2(c3c(C)n(CCCC)c4ccccc34)OC(=O)c3ccccc32)c(OCC)c1. The number of carbonyl (C=O) groups is 1. The van der Waals surface area contributed by atoms with Gasteiger partial charge in [0, 0.05) is 64.7 Å². The van der Waals surface area contributed by atoms with Gasteiger partial charge in [-0.15, -0.1) is 0 Å². The summed E-state index contributed by atoms with van der Waals surface area (Å²) in [5, 5.41) is 1.11. The first-order valence-electron chi connectivity index (χ1n) is 15.9. The Balaban J connectivity index is 1.80. The first-order chi connectivity index (χ1) is 20.5. The van der Waals surface area contributed by atoms with E-state index in [9.17, 15) is 4.79 Å². The van der Waals surface area contributed by atoms with Gasteiger partial charge >= 0.3 is 5.97 Å². The topological polar surface area (TPSA) is 43.7 Å². The number of hydrogen-bond donors (Lipinski definition) is 0. The predicted molar refractivity (Wildman–Crippen MR) is 173 cm³/mol. The summed E-state index contributed by atoms with van der Waals surface area (Å²) in [5.74, 6) is 0.469. The molecule has 3 aromatic carbocycles. The van der Waals surface area contributed by atoms with Crippen LogP contribution in [0.2, 0.25) is 0 Å². The predicted octanol–water partition coefficient (Wildman–Crippen LogP) is 9.02. The lowest BCUT2D eigenvalue weighted by Gasteiger charge is -2.33. The number of fused-ring (bicyclic) bond motifs is 2. The highest BCUT2D eigenvalue weighted by Crippen LogP contribution is 2.53. The number of para-hydroxylation sites is 1. The zero-order valence-electron chi connectivity index (χ0n) is 26.0. The molecule has 0 saturated carbocycles. The number of rotatable bonds is 14. The molecule has 2 heterocycles. The number of aryl methyl sites for hydroxylation is 1. The van der Waals surface area contributed by atoms with Crippen molar-refractivity contribution in [1.29, 1.82) is 0 Å². The molecular weight excluding hydrogens is 520 g/mol. The fraction of sp³-hybridized carbons (Fsp3) is 0.432. The summed E-state index contributed by atoms with van der Waals surface area (Å²) in [6.07, 6.45) is 6.76. The minimum atomic E-state index is -1.13. The Bertz CT molecular complexity index is 1530. The van der Waals surface area contributed by atoms with Gasteiger partial charge in [-0.2, -0.15) is 0 Å². The van der Waals surface area contributed by atoms with E-state index in [0.29, 0.717) is 12.2 Å². The van der Waals surface area contributed by atoms with Crippen molar-refractivity contribution in [3.63, 3.8) is 0 Å². The molecule has 4 aromatic rings. The van der Waals surface area contributed by atoms with Gasteiger partial charge in [-0.3, -0.25) is 0 Å². The lowest BCUT2D eigenvalue weighted by Crippen LogP contribution is -2.32. The lowest BCUT2D eigenvalue weighted by atomic mass is 9.78. The largest absolute Gasteiger partial charge is 0.493 e. The zero-order chi connectivity index (χ0) is 29.7. The molecule has 42 heavy (non-hydrogen) atoms. The van der Waals surface area contributed by atoms with Crippen LogP contribution in [0.1, 0.15) is 99.0 Å². The Kier molecular flexibility index (Phi) is 9.25. The highest BCUT2D eigenvalue weighted by molar-refractivity contribution is 5.99. The van der Waals surface area contributed by atoms with E-state index in [1.54, 1.807) is 0 Å². The van der Waals surface area contributed by atoms with Gasteiger partial charge in [-0.25, -0.2) is 4.79 Å². The summed E-state index contributed by atoms with van der Waals surface area (Å²) < 4.78 is 15.5. The molecule has 5 nitrogen and oxygen atoms in total. The maximum Gasteiger partial charge on any atom is 0.340 e. The number of esters is 1. The first kappa shape index (κ1) is 29.8. The minimum Gasteiger partial charge on any atom is -0.493 e. The molecule has 5 heteroatoms. The third-order valence-corrected chi connectivity index (χ3v) is 8.66. The van der Waals surface area contributed by atoms with Gasteiger partial charge in [0.2, 0.25) is 0 Å². The molecule has 0 spiro atoms. The van der Waals surface area contributed by atoms with Crippen LogP contribution >= 0.6 is 0 Å². The van der Waals surface area contributed by atoms with Crippen molar-refractivity contribution in [3.8, 4) is 5.75 Å². The summed E-state index contributed by atoms with van der Waals surface area (Å²) >= 11 is 0. The van der Waals surface area contributed by atoms with E-state index in [-0.39, 0.29) is 5.97 Å². The zero-order valence-corrected chi connectivity index (χ0v) is 26.0. The fourth-order valence-electron chi connectivity index (χ4n) is 6.56. The second-order valence-corrected chi connectivity index (χ2v) is 11.4. The van der Waals surface area contributed by atoms with Gasteiger partial charge in [0.15, 0.2) is 5.60 Å². The number of ether oxygens (including phenoxy) is 2. The van der Waals surface area contributed by atoms with Crippen LogP contribution in [0.4, 0.5) is 5.69 Å². The van der Waals surface area contributed by atoms with Crippen LogP contribution in [0.3, 0.4) is 0 Å². The number of unbranched alkanes of at least 4 members (excludes halogenated alkanes) is 3. The minimum absolute atomic E-state index is 0.297. The van der Waals surface area contributed by atoms with Gasteiger partial charge in [0.25, 0.3) is 0 Å². The summed E-state index contributed by atoms with van der Waals surface area (Å²) in [6, 6.07) is 22.9. The molecule has 222 valence electrons. The van der Waals surface area contributed by atoms with Crippen molar-refractivity contribution < 1.29 is 14.3 Å². The fourth-order valence-corrected chi connectivity index (χ4v) is 6.56. The van der Waals surface area contributed by atoms with E-state index in [2.05, 4.69) is 85.7 Å². The summed E-state index contributed by atoms with van der Waals surface area (Å²) in [7, 11) is 0. The molecule has 1 aliphatic heterocycles. The molecule has 1 aromatic heterocycles. The lowest BCUT2D eigenvalue weighted by molar-refractivity contribution is 0.0246. The van der Waals surface area contributed by atoms with Gasteiger partial charge in [0.1, 0.15) is 5.75 Å². The van der Waals surface area contributed by atoms with Crippen molar-refractivity contribution in [1.82, 2.24) is 4.57 Å². The average Bonchev–Trinajstić information content (AvgIpc) is 3.46. The number of benzene rings is 3. The van der Waals surface area contributed by atoms with Crippen molar-refractivity contribution in [2.45, 2.75) is 85.3 Å². The quantitative estimate of drug-likeness (QED) is 0.143. The van der Waals surface area contributed by atoms with Crippen LogP contribution in [0, 0.1) is 6.92 Å². The van der Waals surface area contributed by atoms with E-state index in [0.717, 1.165) is 103 Å². The summed E-state index contributed by atoms with van der Waals surface area (Å²) in [4.78, 5) is 16.1. The number of nitrogens with zero attached hydrogens (tertiary/aromatic N) is 2. The summed E-state index contributed by atoms with van der Waals surface area (Å²) in [5.41, 5.74) is 5.69. The molecule has 0 bridgehead atoms. The van der Waals surface area contributed by atoms with Crippen LogP contribution < -0.4 is 9.64 Å².